The second-order valence-electron chi connectivity index (χ2n) is 8.58. The van der Waals surface area contributed by atoms with Gasteiger partial charge in [0.1, 0.15) is 21.9 Å². The van der Waals surface area contributed by atoms with Crippen molar-refractivity contribution in [3.05, 3.63) is 84.4 Å². The van der Waals surface area contributed by atoms with Crippen LogP contribution in [0.5, 0.6) is 11.5 Å². The fourth-order valence-electron chi connectivity index (χ4n) is 4.07. The van der Waals surface area contributed by atoms with Crippen molar-refractivity contribution >= 4 is 95.6 Å². The number of carboxylic acid groups (broad SMARTS) is 1. The summed E-state index contributed by atoms with van der Waals surface area (Å²) in [6.45, 7) is 0. The first-order chi connectivity index (χ1) is 19.0. The Morgan fingerprint density at radius 2 is 1.39 bits per heavy atom. The number of nitrogen functional groups attached to an aromatic ring is 1. The third kappa shape index (κ3) is 6.04. The molecule has 12 nitrogen and oxygen atoms in total. The first kappa shape index (κ1) is 29.6. The zero-order valence-electron chi connectivity index (χ0n) is 21.3. The fraction of sp³-hybridized carbons (Fsp3) is 0. The molecule has 0 aromatic heterocycles. The van der Waals surface area contributed by atoms with Gasteiger partial charge in [-0.3, -0.25) is 4.55 Å². The summed E-state index contributed by atoms with van der Waals surface area (Å²) < 4.78 is 34.0. The average molecular weight is 581 g/mol. The Morgan fingerprint density at radius 3 is 2.00 bits per heavy atom. The SMILES string of the molecule is Nc1ccc2cc(S(=O)(=O)O)c(N=Nc3ccc(N=Nc4ccc(O)c(C(=O)O)c4)c4ccccc34)c(O)c2c1.[Na]. The summed E-state index contributed by atoms with van der Waals surface area (Å²) in [5, 5.41) is 47.9. The molecule has 6 N–H and O–H groups in total. The minimum Gasteiger partial charge on any atom is -0.507 e. The number of hydrogen-bond acceptors (Lipinski definition) is 10. The summed E-state index contributed by atoms with van der Waals surface area (Å²) in [5.74, 6) is -2.23. The molecule has 5 aromatic carbocycles. The Bertz CT molecular complexity index is 2010. The molecular weight excluding hydrogens is 561 g/mol. The molecule has 41 heavy (non-hydrogen) atoms. The van der Waals surface area contributed by atoms with E-state index in [1.165, 1.54) is 42.5 Å². The molecule has 5 rings (SSSR count). The van der Waals surface area contributed by atoms with E-state index in [0.29, 0.717) is 33.2 Å². The summed E-state index contributed by atoms with van der Waals surface area (Å²) in [6, 6.07) is 19.5. The largest absolute Gasteiger partial charge is 0.507 e. The number of anilines is 1. The maximum atomic E-state index is 12.1. The van der Waals surface area contributed by atoms with E-state index in [1.54, 1.807) is 36.4 Å². The summed E-state index contributed by atoms with van der Waals surface area (Å²) in [5.41, 5.74) is 6.25. The predicted octanol–water partition coefficient (Wildman–Crippen LogP) is 6.38. The van der Waals surface area contributed by atoms with E-state index in [4.69, 9.17) is 5.73 Å². The molecule has 0 amide bonds. The minimum absolute atomic E-state index is 0. The van der Waals surface area contributed by atoms with Gasteiger partial charge >= 0.3 is 5.97 Å². The van der Waals surface area contributed by atoms with Gasteiger partial charge in [-0.1, -0.05) is 30.3 Å². The molecular formula is C27H19N5NaO7S. The second kappa shape index (κ2) is 11.6. The summed E-state index contributed by atoms with van der Waals surface area (Å²) in [4.78, 5) is 10.7. The van der Waals surface area contributed by atoms with Crippen LogP contribution in [0.25, 0.3) is 21.5 Å². The van der Waals surface area contributed by atoms with Crippen molar-refractivity contribution in [3.8, 4) is 11.5 Å². The molecule has 0 saturated carbocycles. The van der Waals surface area contributed by atoms with Crippen LogP contribution in [0, 0.1) is 0 Å². The van der Waals surface area contributed by atoms with Crippen LogP contribution in [0.4, 0.5) is 28.4 Å². The van der Waals surface area contributed by atoms with E-state index in [9.17, 15) is 33.1 Å². The van der Waals surface area contributed by atoms with Gasteiger partial charge in [0.2, 0.25) is 0 Å². The Morgan fingerprint density at radius 1 is 0.756 bits per heavy atom. The molecule has 0 fully saturated rings. The van der Waals surface area contributed by atoms with Crippen LogP contribution < -0.4 is 5.73 Å². The quantitative estimate of drug-likeness (QED) is 0.0657. The van der Waals surface area contributed by atoms with E-state index in [0.717, 1.165) is 0 Å². The van der Waals surface area contributed by atoms with Crippen molar-refractivity contribution < 1.29 is 33.1 Å². The molecule has 0 saturated heterocycles. The number of phenols is 2. The fourth-order valence-corrected chi connectivity index (χ4v) is 4.72. The van der Waals surface area contributed by atoms with Crippen LogP contribution in [-0.4, -0.2) is 63.8 Å². The number of hydrogen-bond donors (Lipinski definition) is 5. The van der Waals surface area contributed by atoms with Crippen molar-refractivity contribution in [2.24, 2.45) is 20.5 Å². The number of benzene rings is 5. The van der Waals surface area contributed by atoms with E-state index in [1.807, 2.05) is 0 Å². The summed E-state index contributed by atoms with van der Waals surface area (Å²) in [6.07, 6.45) is 0. The summed E-state index contributed by atoms with van der Waals surface area (Å²) >= 11 is 0. The van der Waals surface area contributed by atoms with Gasteiger partial charge in [0.15, 0.2) is 5.75 Å². The zero-order chi connectivity index (χ0) is 28.6. The van der Waals surface area contributed by atoms with Crippen molar-refractivity contribution in [3.63, 3.8) is 0 Å². The normalized spacial score (nSPS) is 11.8. The number of nitrogens with two attached hydrogens (primary N) is 1. The van der Waals surface area contributed by atoms with Crippen LogP contribution in [0.1, 0.15) is 10.4 Å². The summed E-state index contributed by atoms with van der Waals surface area (Å²) in [7, 11) is -4.78. The molecule has 0 aliphatic carbocycles. The Kier molecular flexibility index (Phi) is 8.37. The van der Waals surface area contributed by atoms with Crippen molar-refractivity contribution in [2.45, 2.75) is 4.90 Å². The smallest absolute Gasteiger partial charge is 0.339 e. The molecule has 0 atom stereocenters. The Hall–Kier alpha value is -4.40. The number of rotatable bonds is 6. The number of aromatic hydroxyl groups is 2. The van der Waals surface area contributed by atoms with Gasteiger partial charge in [0.25, 0.3) is 10.1 Å². The monoisotopic (exact) mass is 580 g/mol. The topological polar surface area (TPSA) is 208 Å². The third-order valence-corrected chi connectivity index (χ3v) is 6.84. The zero-order valence-corrected chi connectivity index (χ0v) is 24.1. The number of fused-ring (bicyclic) bond motifs is 2. The first-order valence-corrected chi connectivity index (χ1v) is 12.9. The van der Waals surface area contributed by atoms with Gasteiger partial charge in [-0.15, -0.1) is 15.3 Å². The number of carboxylic acids is 1. The number of aromatic carboxylic acids is 1. The predicted molar refractivity (Wildman–Crippen MR) is 153 cm³/mol. The number of nitrogens with zero attached hydrogens (tertiary/aromatic N) is 4. The van der Waals surface area contributed by atoms with Gasteiger partial charge in [0.05, 0.1) is 17.1 Å². The van der Waals surface area contributed by atoms with E-state index in [-0.39, 0.29) is 46.2 Å². The van der Waals surface area contributed by atoms with Crippen molar-refractivity contribution in [1.82, 2.24) is 0 Å². The number of phenolic OH excluding ortho intramolecular Hbond substituents is 1. The van der Waals surface area contributed by atoms with Crippen LogP contribution in [0.2, 0.25) is 0 Å². The van der Waals surface area contributed by atoms with Gasteiger partial charge in [-0.2, -0.15) is 13.5 Å². The maximum Gasteiger partial charge on any atom is 0.339 e. The van der Waals surface area contributed by atoms with Crippen molar-refractivity contribution in [2.75, 3.05) is 5.73 Å². The molecule has 0 aliphatic heterocycles. The standard InChI is InChI=1S/C27H19N5O7S.Na/c28-15-6-5-14-11-24(40(37,38)39)25(26(34)19(14)12-15)32-31-22-9-8-21(17-3-1-2-4-18(17)22)30-29-16-7-10-23(33)20(13-16)27(35)36;/h1-13,33-34H,28H2,(H,35,36)(H,37,38,39);. The second-order valence-corrected chi connectivity index (χ2v) is 9.97. The first-order valence-electron chi connectivity index (χ1n) is 11.5. The van der Waals surface area contributed by atoms with Crippen LogP contribution in [-0.2, 0) is 10.1 Å². The molecule has 0 bridgehead atoms. The molecule has 14 heteroatoms. The van der Waals surface area contributed by atoms with Gasteiger partial charge < -0.3 is 21.1 Å². The average Bonchev–Trinajstić information content (AvgIpc) is 2.92. The molecule has 1 radical (unpaired) electrons. The van der Waals surface area contributed by atoms with E-state index < -0.39 is 38.2 Å². The van der Waals surface area contributed by atoms with E-state index in [2.05, 4.69) is 20.5 Å². The molecule has 0 heterocycles. The molecule has 0 unspecified atom stereocenters. The Labute approximate surface area is 254 Å². The minimum atomic E-state index is -4.78. The van der Waals surface area contributed by atoms with Crippen LogP contribution in [0.3, 0.4) is 0 Å². The number of carbonyl (C=O) groups is 1. The third-order valence-electron chi connectivity index (χ3n) is 5.97. The Balaban J connectivity index is 0.00000387. The van der Waals surface area contributed by atoms with Gasteiger partial charge in [-0.25, -0.2) is 4.79 Å². The van der Waals surface area contributed by atoms with Gasteiger partial charge in [-0.05, 0) is 53.9 Å². The van der Waals surface area contributed by atoms with Crippen LogP contribution in [0.15, 0.2) is 104 Å². The molecule has 0 aliphatic rings. The molecule has 5 aromatic rings. The van der Waals surface area contributed by atoms with Crippen LogP contribution >= 0.6 is 0 Å². The van der Waals surface area contributed by atoms with Crippen molar-refractivity contribution in [1.29, 1.82) is 0 Å². The molecule has 201 valence electrons. The van der Waals surface area contributed by atoms with Gasteiger partial charge in [0, 0.05) is 51.4 Å². The maximum absolute atomic E-state index is 12.1. The number of azo groups is 2. The van der Waals surface area contributed by atoms with E-state index >= 15 is 0 Å². The molecule has 0 spiro atoms.